The second-order valence-electron chi connectivity index (χ2n) is 20.1. The molecule has 5 aliphatic rings. The first-order valence-corrected chi connectivity index (χ1v) is 21.9. The highest BCUT2D eigenvalue weighted by atomic mass is 15.1. The standard InChI is InChI=1S/C59H51N/c1-56(2)47-31-29-43-52(59(7,8)49-30-24-35-16-9-10-17-38(35)54(43)49)34-44(47)55-48(56)22-15-23-53(55)60(36-25-27-41-39-18-11-13-20-45(39)57(3,4)50(41)32-36)37-26-28-42-40-19-12-14-21-46(40)58(5,6)51(42)33-37/h9-30,32-34H,31H2,1-8H3. The highest BCUT2D eigenvalue weighted by Crippen LogP contribution is 2.60. The van der Waals surface area contributed by atoms with E-state index in [9.17, 15) is 0 Å². The number of allylic oxidation sites excluding steroid dienone is 6. The molecule has 1 nitrogen and oxygen atoms in total. The van der Waals surface area contributed by atoms with Crippen molar-refractivity contribution in [2.24, 2.45) is 0 Å². The van der Waals surface area contributed by atoms with Crippen LogP contribution in [0.25, 0.3) is 44.2 Å². The molecule has 0 bridgehead atoms. The minimum atomic E-state index is -0.145. The number of benzene rings is 7. The van der Waals surface area contributed by atoms with Gasteiger partial charge in [0.05, 0.1) is 5.69 Å². The Labute approximate surface area is 355 Å². The van der Waals surface area contributed by atoms with Gasteiger partial charge in [0.25, 0.3) is 0 Å². The van der Waals surface area contributed by atoms with Crippen LogP contribution in [0.15, 0.2) is 163 Å². The van der Waals surface area contributed by atoms with Crippen molar-refractivity contribution >= 4 is 39.0 Å². The number of nitrogens with zero attached hydrogens (tertiary/aromatic N) is 1. The quantitative estimate of drug-likeness (QED) is 0.173. The molecule has 5 aliphatic carbocycles. The Hall–Kier alpha value is -6.18. The van der Waals surface area contributed by atoms with E-state index in [1.165, 1.54) is 117 Å². The minimum absolute atomic E-state index is 0.119. The van der Waals surface area contributed by atoms with E-state index in [1.54, 1.807) is 0 Å². The lowest BCUT2D eigenvalue weighted by Crippen LogP contribution is -2.19. The van der Waals surface area contributed by atoms with Gasteiger partial charge in [0.2, 0.25) is 0 Å². The summed E-state index contributed by atoms with van der Waals surface area (Å²) >= 11 is 0. The third-order valence-corrected chi connectivity index (χ3v) is 15.6. The van der Waals surface area contributed by atoms with Crippen LogP contribution in [0.5, 0.6) is 0 Å². The van der Waals surface area contributed by atoms with Crippen molar-refractivity contribution in [1.82, 2.24) is 0 Å². The van der Waals surface area contributed by atoms with Gasteiger partial charge in [0, 0.05) is 38.6 Å². The second-order valence-corrected chi connectivity index (χ2v) is 20.1. The first-order chi connectivity index (χ1) is 28.8. The van der Waals surface area contributed by atoms with Crippen molar-refractivity contribution in [3.8, 4) is 22.3 Å². The van der Waals surface area contributed by atoms with Crippen molar-refractivity contribution in [3.63, 3.8) is 0 Å². The van der Waals surface area contributed by atoms with Crippen LogP contribution < -0.4 is 4.90 Å². The number of rotatable bonds is 3. The van der Waals surface area contributed by atoms with Gasteiger partial charge in [-0.15, -0.1) is 0 Å². The third kappa shape index (κ3) is 4.48. The van der Waals surface area contributed by atoms with Gasteiger partial charge in [-0.3, -0.25) is 0 Å². The molecule has 0 unspecified atom stereocenters. The van der Waals surface area contributed by atoms with Crippen LogP contribution in [0.1, 0.15) is 106 Å². The van der Waals surface area contributed by atoms with Gasteiger partial charge >= 0.3 is 0 Å². The lowest BCUT2D eigenvalue weighted by atomic mass is 9.79. The molecule has 0 aromatic heterocycles. The molecule has 0 amide bonds. The highest BCUT2D eigenvalue weighted by Gasteiger charge is 2.45. The van der Waals surface area contributed by atoms with Gasteiger partial charge in [-0.1, -0.05) is 171 Å². The van der Waals surface area contributed by atoms with E-state index in [1.807, 2.05) is 0 Å². The topological polar surface area (TPSA) is 3.24 Å². The molecule has 0 radical (unpaired) electrons. The van der Waals surface area contributed by atoms with E-state index < -0.39 is 0 Å². The summed E-state index contributed by atoms with van der Waals surface area (Å²) in [6.07, 6.45) is 6.10. The van der Waals surface area contributed by atoms with E-state index in [-0.39, 0.29) is 21.7 Å². The normalized spacial score (nSPS) is 18.6. The lowest BCUT2D eigenvalue weighted by Gasteiger charge is -2.32. The summed E-state index contributed by atoms with van der Waals surface area (Å²) < 4.78 is 0. The summed E-state index contributed by atoms with van der Waals surface area (Å²) in [6, 6.07) is 53.3. The fraction of sp³-hybridized carbons (Fsp3) is 0.220. The molecule has 0 atom stereocenters. The van der Waals surface area contributed by atoms with Crippen LogP contribution >= 0.6 is 0 Å². The molecule has 0 saturated heterocycles. The largest absolute Gasteiger partial charge is 0.310 e. The van der Waals surface area contributed by atoms with E-state index in [4.69, 9.17) is 0 Å². The van der Waals surface area contributed by atoms with E-state index in [0.29, 0.717) is 0 Å². The van der Waals surface area contributed by atoms with Gasteiger partial charge in [0.1, 0.15) is 0 Å². The zero-order valence-corrected chi connectivity index (χ0v) is 36.1. The van der Waals surface area contributed by atoms with Crippen LogP contribution in [0, 0.1) is 0 Å². The molecule has 0 saturated carbocycles. The number of fused-ring (bicyclic) bond motifs is 13. The molecule has 0 spiro atoms. The Balaban J connectivity index is 1.10. The molecule has 1 heteroatoms. The number of hydrogen-bond donors (Lipinski definition) is 0. The summed E-state index contributed by atoms with van der Waals surface area (Å²) in [5.41, 5.74) is 25.4. The third-order valence-electron chi connectivity index (χ3n) is 15.6. The molecule has 292 valence electrons. The van der Waals surface area contributed by atoms with Crippen LogP contribution in [0.3, 0.4) is 0 Å². The Morgan fingerprint density at radius 3 is 1.63 bits per heavy atom. The fourth-order valence-corrected chi connectivity index (χ4v) is 12.3. The molecule has 60 heavy (non-hydrogen) atoms. The van der Waals surface area contributed by atoms with Crippen molar-refractivity contribution in [1.29, 1.82) is 0 Å². The van der Waals surface area contributed by atoms with Crippen molar-refractivity contribution in [2.45, 2.75) is 83.5 Å². The highest BCUT2D eigenvalue weighted by molar-refractivity contribution is 6.07. The average Bonchev–Trinajstić information content (AvgIpc) is 3.71. The molecular weight excluding hydrogens is 723 g/mol. The van der Waals surface area contributed by atoms with Crippen molar-refractivity contribution in [2.75, 3.05) is 4.90 Å². The van der Waals surface area contributed by atoms with Gasteiger partial charge < -0.3 is 4.90 Å². The smallest absolute Gasteiger partial charge is 0.0543 e. The fourth-order valence-electron chi connectivity index (χ4n) is 12.3. The van der Waals surface area contributed by atoms with Crippen LogP contribution in [0.2, 0.25) is 0 Å². The Bertz CT molecular complexity index is 3060. The van der Waals surface area contributed by atoms with Crippen LogP contribution in [0.4, 0.5) is 17.1 Å². The summed E-state index contributed by atoms with van der Waals surface area (Å²) in [5.74, 6) is 0. The molecule has 7 aromatic rings. The molecule has 0 N–H and O–H groups in total. The maximum absolute atomic E-state index is 2.61. The summed E-state index contributed by atoms with van der Waals surface area (Å²) in [7, 11) is 0. The predicted octanol–water partition coefficient (Wildman–Crippen LogP) is 15.7. The minimum Gasteiger partial charge on any atom is -0.310 e. The van der Waals surface area contributed by atoms with E-state index in [2.05, 4.69) is 212 Å². The SMILES string of the molecule is CC1(C)C2=C(C=C3C(=CC2)c2c(ccc4ccccc24)C3(C)C)c2c(N(c3ccc4c(c3)C(C)(C)c3ccccc3-4)c3ccc4c(c3)C(C)(C)c3ccccc3-4)cccc21. The van der Waals surface area contributed by atoms with Crippen LogP contribution in [-0.4, -0.2) is 0 Å². The molecule has 7 aromatic carbocycles. The summed E-state index contributed by atoms with van der Waals surface area (Å²) in [5, 5.41) is 2.67. The molecule has 0 heterocycles. The molecule has 0 aliphatic heterocycles. The Morgan fingerprint density at radius 1 is 0.433 bits per heavy atom. The number of anilines is 3. The molecule has 12 rings (SSSR count). The monoisotopic (exact) mass is 773 g/mol. The molecule has 0 fully saturated rings. The predicted molar refractivity (Wildman–Crippen MR) is 254 cm³/mol. The lowest BCUT2D eigenvalue weighted by molar-refractivity contribution is 0.626. The van der Waals surface area contributed by atoms with Gasteiger partial charge in [0.15, 0.2) is 0 Å². The van der Waals surface area contributed by atoms with Crippen molar-refractivity contribution in [3.05, 3.63) is 207 Å². The van der Waals surface area contributed by atoms with Crippen LogP contribution in [-0.2, 0) is 21.7 Å². The first kappa shape index (κ1) is 35.7. The van der Waals surface area contributed by atoms with Crippen molar-refractivity contribution < 1.29 is 0 Å². The Kier molecular flexibility index (Phi) is 7.00. The zero-order chi connectivity index (χ0) is 41.1. The van der Waals surface area contributed by atoms with E-state index in [0.717, 1.165) is 6.42 Å². The Morgan fingerprint density at radius 2 is 0.983 bits per heavy atom. The van der Waals surface area contributed by atoms with Gasteiger partial charge in [-0.2, -0.15) is 0 Å². The first-order valence-electron chi connectivity index (χ1n) is 21.9. The van der Waals surface area contributed by atoms with E-state index >= 15 is 0 Å². The summed E-state index contributed by atoms with van der Waals surface area (Å²) in [6.45, 7) is 19.4. The zero-order valence-electron chi connectivity index (χ0n) is 36.1. The second kappa shape index (κ2) is 11.8. The van der Waals surface area contributed by atoms with Gasteiger partial charge in [-0.05, 0) is 137 Å². The average molecular weight is 774 g/mol. The maximum Gasteiger partial charge on any atom is 0.0543 e. The maximum atomic E-state index is 2.61. The summed E-state index contributed by atoms with van der Waals surface area (Å²) in [4.78, 5) is 2.60. The molecular formula is C59H51N. The number of hydrogen-bond acceptors (Lipinski definition) is 1. The van der Waals surface area contributed by atoms with Gasteiger partial charge in [-0.25, -0.2) is 0 Å².